The fourth-order valence-electron chi connectivity index (χ4n) is 1.52. The number of aromatic nitrogens is 1. The van der Waals surface area contributed by atoms with E-state index in [0.717, 1.165) is 16.0 Å². The third kappa shape index (κ3) is 2.51. The van der Waals surface area contributed by atoms with Crippen LogP contribution in [0, 0.1) is 6.92 Å². The smallest absolute Gasteiger partial charge is 0.124 e. The van der Waals surface area contributed by atoms with Crippen molar-refractivity contribution in [3.05, 3.63) is 39.3 Å². The molecule has 0 spiro atoms. The summed E-state index contributed by atoms with van der Waals surface area (Å²) in [5, 5.41) is 1.05. The lowest BCUT2D eigenvalue weighted by Gasteiger charge is -1.96. The highest BCUT2D eigenvalue weighted by Crippen LogP contribution is 2.31. The van der Waals surface area contributed by atoms with E-state index in [-0.39, 0.29) is 0 Å². The highest BCUT2D eigenvalue weighted by Gasteiger charge is 2.09. The average molecular weight is 297 g/mol. The molecule has 1 aromatic heterocycles. The largest absolute Gasteiger partial charge is 0.330 e. The van der Waals surface area contributed by atoms with Crippen molar-refractivity contribution < 1.29 is 0 Å². The summed E-state index contributed by atoms with van der Waals surface area (Å²) in [6.07, 6.45) is 0.879. The van der Waals surface area contributed by atoms with Gasteiger partial charge in [0.15, 0.2) is 0 Å². The molecule has 16 heavy (non-hydrogen) atoms. The molecule has 0 amide bonds. The van der Waals surface area contributed by atoms with Crippen molar-refractivity contribution in [2.75, 3.05) is 6.54 Å². The van der Waals surface area contributed by atoms with Crippen molar-refractivity contribution in [3.63, 3.8) is 0 Å². The van der Waals surface area contributed by atoms with Gasteiger partial charge in [0, 0.05) is 10.4 Å². The van der Waals surface area contributed by atoms with E-state index in [1.165, 1.54) is 16.0 Å². The molecule has 0 aliphatic carbocycles. The third-order valence-electron chi connectivity index (χ3n) is 2.29. The molecule has 84 valence electrons. The number of hydrogen-bond acceptors (Lipinski definition) is 3. The minimum Gasteiger partial charge on any atom is -0.330 e. The van der Waals surface area contributed by atoms with E-state index >= 15 is 0 Å². The Morgan fingerprint density at radius 3 is 2.94 bits per heavy atom. The van der Waals surface area contributed by atoms with Crippen molar-refractivity contribution in [1.29, 1.82) is 0 Å². The van der Waals surface area contributed by atoms with E-state index in [9.17, 15) is 0 Å². The van der Waals surface area contributed by atoms with Gasteiger partial charge in [-0.25, -0.2) is 4.98 Å². The van der Waals surface area contributed by atoms with Gasteiger partial charge in [-0.05, 0) is 41.9 Å². The van der Waals surface area contributed by atoms with Crippen LogP contribution in [-0.2, 0) is 6.42 Å². The number of hydrogen-bond donors (Lipinski definition) is 1. The van der Waals surface area contributed by atoms with Gasteiger partial charge in [-0.15, -0.1) is 11.3 Å². The van der Waals surface area contributed by atoms with Crippen LogP contribution in [0.2, 0.25) is 0 Å². The Balaban J connectivity index is 2.37. The van der Waals surface area contributed by atoms with Gasteiger partial charge in [0.1, 0.15) is 9.61 Å². The van der Waals surface area contributed by atoms with Crippen molar-refractivity contribution in [3.8, 4) is 10.6 Å². The highest BCUT2D eigenvalue weighted by atomic mass is 79.9. The standard InChI is InChI=1S/C12H13BrN2S/c1-8-3-2-4-9(7-8)12-15-11(13)10(16-12)5-6-14/h2-4,7H,5-6,14H2,1H3. The van der Waals surface area contributed by atoms with Crippen LogP contribution < -0.4 is 5.73 Å². The molecule has 2 N–H and O–H groups in total. The van der Waals surface area contributed by atoms with Gasteiger partial charge < -0.3 is 5.73 Å². The lowest BCUT2D eigenvalue weighted by molar-refractivity contribution is 0.977. The molecule has 0 saturated carbocycles. The average Bonchev–Trinajstić information content (AvgIpc) is 2.61. The van der Waals surface area contributed by atoms with Crippen molar-refractivity contribution in [1.82, 2.24) is 4.98 Å². The second-order valence-electron chi connectivity index (χ2n) is 3.64. The summed E-state index contributed by atoms with van der Waals surface area (Å²) in [5.41, 5.74) is 7.99. The quantitative estimate of drug-likeness (QED) is 0.943. The summed E-state index contributed by atoms with van der Waals surface area (Å²) < 4.78 is 0.930. The Hall–Kier alpha value is -0.710. The zero-order chi connectivity index (χ0) is 11.5. The molecule has 1 aromatic carbocycles. The van der Waals surface area contributed by atoms with E-state index in [0.29, 0.717) is 6.54 Å². The van der Waals surface area contributed by atoms with Gasteiger partial charge >= 0.3 is 0 Å². The zero-order valence-electron chi connectivity index (χ0n) is 9.03. The van der Waals surface area contributed by atoms with Gasteiger partial charge in [0.05, 0.1) is 0 Å². The van der Waals surface area contributed by atoms with Crippen LogP contribution in [-0.4, -0.2) is 11.5 Å². The lowest BCUT2D eigenvalue weighted by atomic mass is 10.1. The summed E-state index contributed by atoms with van der Waals surface area (Å²) in [6.45, 7) is 2.75. The molecule has 0 aliphatic heterocycles. The van der Waals surface area contributed by atoms with E-state index in [1.807, 2.05) is 0 Å². The Kier molecular flexibility index (Phi) is 3.74. The number of nitrogens with two attached hydrogens (primary N) is 1. The minimum atomic E-state index is 0.661. The van der Waals surface area contributed by atoms with Crippen LogP contribution in [0.1, 0.15) is 10.4 Å². The maximum absolute atomic E-state index is 5.56. The van der Waals surface area contributed by atoms with Gasteiger partial charge in [0.25, 0.3) is 0 Å². The molecule has 0 saturated heterocycles. The minimum absolute atomic E-state index is 0.661. The molecule has 2 aromatic rings. The Morgan fingerprint density at radius 1 is 1.44 bits per heavy atom. The summed E-state index contributed by atoms with van der Waals surface area (Å²) in [4.78, 5) is 5.74. The number of aryl methyl sites for hydroxylation is 1. The Morgan fingerprint density at radius 2 is 2.25 bits per heavy atom. The van der Waals surface area contributed by atoms with E-state index in [2.05, 4.69) is 52.1 Å². The zero-order valence-corrected chi connectivity index (χ0v) is 11.4. The van der Waals surface area contributed by atoms with Gasteiger partial charge in [-0.1, -0.05) is 23.8 Å². The molecule has 2 rings (SSSR count). The molecule has 0 radical (unpaired) electrons. The lowest BCUT2D eigenvalue weighted by Crippen LogP contribution is -2.01. The fraction of sp³-hybridized carbons (Fsp3) is 0.250. The number of halogens is 1. The van der Waals surface area contributed by atoms with Gasteiger partial charge in [0.2, 0.25) is 0 Å². The Bertz CT molecular complexity index is 494. The molecule has 0 fully saturated rings. The van der Waals surface area contributed by atoms with Crippen molar-refractivity contribution in [2.45, 2.75) is 13.3 Å². The first-order valence-corrected chi connectivity index (χ1v) is 6.74. The predicted octanol–water partition coefficient (Wildman–Crippen LogP) is 3.38. The summed E-state index contributed by atoms with van der Waals surface area (Å²) in [7, 11) is 0. The molecular weight excluding hydrogens is 284 g/mol. The molecular formula is C12H13BrN2S. The maximum atomic E-state index is 5.56. The van der Waals surface area contributed by atoms with Crippen molar-refractivity contribution >= 4 is 27.3 Å². The van der Waals surface area contributed by atoms with Crippen LogP contribution >= 0.6 is 27.3 Å². The third-order valence-corrected chi connectivity index (χ3v) is 4.37. The van der Waals surface area contributed by atoms with Gasteiger partial charge in [-0.3, -0.25) is 0 Å². The first-order valence-electron chi connectivity index (χ1n) is 5.13. The maximum Gasteiger partial charge on any atom is 0.124 e. The SMILES string of the molecule is Cc1cccc(-c2nc(Br)c(CCN)s2)c1. The summed E-state index contributed by atoms with van der Waals surface area (Å²) in [5.74, 6) is 0. The molecule has 0 aliphatic rings. The second-order valence-corrected chi connectivity index (χ2v) is 5.48. The van der Waals surface area contributed by atoms with E-state index in [4.69, 9.17) is 5.73 Å². The van der Waals surface area contributed by atoms with Crippen LogP contribution in [0.15, 0.2) is 28.9 Å². The second kappa shape index (κ2) is 5.08. The van der Waals surface area contributed by atoms with Crippen LogP contribution in [0.25, 0.3) is 10.6 Å². The summed E-state index contributed by atoms with van der Waals surface area (Å²) >= 11 is 5.19. The van der Waals surface area contributed by atoms with E-state index < -0.39 is 0 Å². The molecule has 0 bridgehead atoms. The van der Waals surface area contributed by atoms with Crippen molar-refractivity contribution in [2.24, 2.45) is 5.73 Å². The van der Waals surface area contributed by atoms with E-state index in [1.54, 1.807) is 11.3 Å². The normalized spacial score (nSPS) is 10.7. The molecule has 0 unspecified atom stereocenters. The molecule has 0 atom stereocenters. The number of rotatable bonds is 3. The predicted molar refractivity (Wildman–Crippen MR) is 72.7 cm³/mol. The Labute approximate surface area is 108 Å². The number of nitrogens with zero attached hydrogens (tertiary/aromatic N) is 1. The topological polar surface area (TPSA) is 38.9 Å². The van der Waals surface area contributed by atoms with Gasteiger partial charge in [-0.2, -0.15) is 0 Å². The highest BCUT2D eigenvalue weighted by molar-refractivity contribution is 9.10. The monoisotopic (exact) mass is 296 g/mol. The van der Waals surface area contributed by atoms with Crippen LogP contribution in [0.4, 0.5) is 0 Å². The number of benzene rings is 1. The molecule has 1 heterocycles. The fourth-order valence-corrected chi connectivity index (χ4v) is 3.22. The van der Waals surface area contributed by atoms with Crippen LogP contribution in [0.3, 0.4) is 0 Å². The molecule has 4 heteroatoms. The molecule has 2 nitrogen and oxygen atoms in total. The van der Waals surface area contributed by atoms with Crippen LogP contribution in [0.5, 0.6) is 0 Å². The first kappa shape index (κ1) is 11.8. The number of thiazole rings is 1. The summed E-state index contributed by atoms with van der Waals surface area (Å²) in [6, 6.07) is 8.39. The first-order chi connectivity index (χ1) is 7.70.